The van der Waals surface area contributed by atoms with Crippen LogP contribution in [0.25, 0.3) is 0 Å². The number of carbonyl (C=O) groups excluding carboxylic acids is 1. The fourth-order valence-corrected chi connectivity index (χ4v) is 1.45. The summed E-state index contributed by atoms with van der Waals surface area (Å²) >= 11 is 0. The first-order chi connectivity index (χ1) is 7.19. The second-order valence-corrected chi connectivity index (χ2v) is 5.53. The van der Waals surface area contributed by atoms with Crippen LogP contribution in [-0.2, 0) is 15.7 Å². The normalized spacial score (nSPS) is 12.6. The average molecular weight is 223 g/mol. The van der Waals surface area contributed by atoms with Gasteiger partial charge < -0.3 is 5.32 Å². The Morgan fingerprint density at radius 3 is 2.25 bits per heavy atom. The van der Waals surface area contributed by atoms with Gasteiger partial charge in [-0.1, -0.05) is 20.8 Å². The smallest absolute Gasteiger partial charge is 0.247 e. The lowest BCUT2D eigenvalue weighted by Crippen LogP contribution is -2.43. The minimum absolute atomic E-state index is 0.00399. The Labute approximate surface area is 97.0 Å². The molecule has 1 heterocycles. The van der Waals surface area contributed by atoms with Crippen LogP contribution in [0.5, 0.6) is 0 Å². The van der Waals surface area contributed by atoms with E-state index in [1.165, 1.54) is 0 Å². The van der Waals surface area contributed by atoms with Crippen LogP contribution in [0.1, 0.15) is 40.3 Å². The SMILES string of the molecule is CNC(=O)C(C)(C)n1ccc(C(C)(C)C)n1. The number of nitrogens with zero attached hydrogens (tertiary/aromatic N) is 2. The number of carbonyl (C=O) groups is 1. The number of hydrogen-bond donors (Lipinski definition) is 1. The second kappa shape index (κ2) is 3.92. The molecule has 16 heavy (non-hydrogen) atoms. The van der Waals surface area contributed by atoms with Gasteiger partial charge in [-0.25, -0.2) is 0 Å². The molecule has 1 aromatic rings. The Kier molecular flexibility index (Phi) is 3.13. The van der Waals surface area contributed by atoms with Gasteiger partial charge in [-0.15, -0.1) is 0 Å². The Hall–Kier alpha value is -1.32. The van der Waals surface area contributed by atoms with Gasteiger partial charge in [0.1, 0.15) is 5.54 Å². The maximum Gasteiger partial charge on any atom is 0.247 e. The molecule has 0 radical (unpaired) electrons. The Morgan fingerprint density at radius 2 is 1.88 bits per heavy atom. The van der Waals surface area contributed by atoms with Gasteiger partial charge in [0.05, 0.1) is 5.69 Å². The number of nitrogens with one attached hydrogen (secondary N) is 1. The molecule has 0 aliphatic heterocycles. The molecule has 90 valence electrons. The summed E-state index contributed by atoms with van der Waals surface area (Å²) in [4.78, 5) is 11.7. The monoisotopic (exact) mass is 223 g/mol. The topological polar surface area (TPSA) is 46.9 Å². The van der Waals surface area contributed by atoms with E-state index in [2.05, 4.69) is 31.2 Å². The third kappa shape index (κ3) is 2.26. The van der Waals surface area contributed by atoms with Crippen LogP contribution in [-0.4, -0.2) is 22.7 Å². The maximum atomic E-state index is 11.7. The molecule has 1 aromatic heterocycles. The van der Waals surface area contributed by atoms with Crippen molar-refractivity contribution in [1.29, 1.82) is 0 Å². The molecule has 0 aliphatic rings. The van der Waals surface area contributed by atoms with E-state index in [0.717, 1.165) is 5.69 Å². The summed E-state index contributed by atoms with van der Waals surface area (Å²) in [7, 11) is 1.64. The van der Waals surface area contributed by atoms with Gasteiger partial charge in [0, 0.05) is 18.7 Å². The second-order valence-electron chi connectivity index (χ2n) is 5.53. The summed E-state index contributed by atoms with van der Waals surface area (Å²) in [5.74, 6) is -0.0453. The van der Waals surface area contributed by atoms with Gasteiger partial charge in [0.2, 0.25) is 5.91 Å². The van der Waals surface area contributed by atoms with Crippen LogP contribution in [0, 0.1) is 0 Å². The molecule has 0 bridgehead atoms. The van der Waals surface area contributed by atoms with Crippen molar-refractivity contribution in [3.05, 3.63) is 18.0 Å². The van der Waals surface area contributed by atoms with Crippen molar-refractivity contribution in [3.8, 4) is 0 Å². The molecule has 4 heteroatoms. The van der Waals surface area contributed by atoms with Crippen molar-refractivity contribution in [2.75, 3.05) is 7.05 Å². The molecule has 4 nitrogen and oxygen atoms in total. The fraction of sp³-hybridized carbons (Fsp3) is 0.667. The first-order valence-electron chi connectivity index (χ1n) is 5.48. The van der Waals surface area contributed by atoms with E-state index in [0.29, 0.717) is 0 Å². The number of likely N-dealkylation sites (N-methyl/N-ethyl adjacent to an activating group) is 1. The molecule has 0 saturated carbocycles. The number of hydrogen-bond acceptors (Lipinski definition) is 2. The molecular formula is C12H21N3O. The van der Waals surface area contributed by atoms with Crippen LogP contribution >= 0.6 is 0 Å². The molecule has 0 aromatic carbocycles. The zero-order chi connectivity index (χ0) is 12.6. The highest BCUT2D eigenvalue weighted by atomic mass is 16.2. The maximum absolute atomic E-state index is 11.7. The summed E-state index contributed by atoms with van der Waals surface area (Å²) < 4.78 is 1.71. The highest BCUT2D eigenvalue weighted by molar-refractivity contribution is 5.83. The summed E-state index contributed by atoms with van der Waals surface area (Å²) in [6.45, 7) is 10.0. The molecule has 0 atom stereocenters. The molecule has 1 N–H and O–H groups in total. The van der Waals surface area contributed by atoms with Crippen LogP contribution in [0.3, 0.4) is 0 Å². The third-order valence-corrected chi connectivity index (χ3v) is 2.71. The van der Waals surface area contributed by atoms with E-state index < -0.39 is 5.54 Å². The van der Waals surface area contributed by atoms with Gasteiger partial charge in [-0.2, -0.15) is 5.10 Å². The van der Waals surface area contributed by atoms with E-state index in [9.17, 15) is 4.79 Å². The minimum atomic E-state index is -0.655. The summed E-state index contributed by atoms with van der Waals surface area (Å²) in [6, 6.07) is 1.96. The van der Waals surface area contributed by atoms with Crippen molar-refractivity contribution < 1.29 is 4.79 Å². The largest absolute Gasteiger partial charge is 0.357 e. The predicted octanol–water partition coefficient (Wildman–Crippen LogP) is 1.66. The molecule has 1 rings (SSSR count). The average Bonchev–Trinajstić information content (AvgIpc) is 2.64. The fourth-order valence-electron chi connectivity index (χ4n) is 1.45. The van der Waals surface area contributed by atoms with E-state index >= 15 is 0 Å². The minimum Gasteiger partial charge on any atom is -0.357 e. The summed E-state index contributed by atoms with van der Waals surface area (Å²) in [6.07, 6.45) is 1.86. The number of aromatic nitrogens is 2. The van der Waals surface area contributed by atoms with Crippen LogP contribution in [0.2, 0.25) is 0 Å². The van der Waals surface area contributed by atoms with Crippen molar-refractivity contribution >= 4 is 5.91 Å². The van der Waals surface area contributed by atoms with Crippen molar-refractivity contribution in [3.63, 3.8) is 0 Å². The molecule has 0 fully saturated rings. The molecule has 1 amide bonds. The van der Waals surface area contributed by atoms with Crippen LogP contribution in [0.4, 0.5) is 0 Å². The molecule has 0 saturated heterocycles. The van der Waals surface area contributed by atoms with Crippen molar-refractivity contribution in [2.24, 2.45) is 0 Å². The predicted molar refractivity (Wildman–Crippen MR) is 64.3 cm³/mol. The lowest BCUT2D eigenvalue weighted by atomic mass is 9.93. The van der Waals surface area contributed by atoms with E-state index in [1.807, 2.05) is 26.1 Å². The van der Waals surface area contributed by atoms with Crippen LogP contribution < -0.4 is 5.32 Å². The Balaban J connectivity index is 3.07. The van der Waals surface area contributed by atoms with E-state index in [1.54, 1.807) is 11.7 Å². The Morgan fingerprint density at radius 1 is 1.31 bits per heavy atom. The summed E-state index contributed by atoms with van der Waals surface area (Å²) in [5.41, 5.74) is 0.340. The molecular weight excluding hydrogens is 202 g/mol. The third-order valence-electron chi connectivity index (χ3n) is 2.71. The van der Waals surface area contributed by atoms with Gasteiger partial charge in [-0.05, 0) is 19.9 Å². The van der Waals surface area contributed by atoms with Crippen molar-refractivity contribution in [1.82, 2.24) is 15.1 Å². The van der Waals surface area contributed by atoms with Gasteiger partial charge in [0.15, 0.2) is 0 Å². The van der Waals surface area contributed by atoms with E-state index in [-0.39, 0.29) is 11.3 Å². The first kappa shape index (κ1) is 12.7. The molecule has 0 unspecified atom stereocenters. The zero-order valence-electron chi connectivity index (χ0n) is 11.0. The number of amides is 1. The number of rotatable bonds is 2. The van der Waals surface area contributed by atoms with Crippen molar-refractivity contribution in [2.45, 2.75) is 45.6 Å². The standard InChI is InChI=1S/C12H21N3O/c1-11(2,3)9-7-8-15(14-9)12(4,5)10(16)13-6/h7-8H,1-6H3,(H,13,16). The van der Waals surface area contributed by atoms with E-state index in [4.69, 9.17) is 0 Å². The zero-order valence-corrected chi connectivity index (χ0v) is 11.0. The van der Waals surface area contributed by atoms with Gasteiger partial charge in [0.25, 0.3) is 0 Å². The lowest BCUT2D eigenvalue weighted by Gasteiger charge is -2.23. The highest BCUT2D eigenvalue weighted by Gasteiger charge is 2.30. The van der Waals surface area contributed by atoms with Crippen LogP contribution in [0.15, 0.2) is 12.3 Å². The molecule has 0 spiro atoms. The lowest BCUT2D eigenvalue weighted by molar-refractivity contribution is -0.128. The molecule has 0 aliphatic carbocycles. The van der Waals surface area contributed by atoms with Gasteiger partial charge in [-0.3, -0.25) is 9.48 Å². The Bertz CT molecular complexity index is 385. The highest BCUT2D eigenvalue weighted by Crippen LogP contribution is 2.22. The first-order valence-corrected chi connectivity index (χ1v) is 5.48. The summed E-state index contributed by atoms with van der Waals surface area (Å²) in [5, 5.41) is 7.13. The quantitative estimate of drug-likeness (QED) is 0.829. The van der Waals surface area contributed by atoms with Gasteiger partial charge >= 0.3 is 0 Å².